The fraction of sp³-hybridized carbons (Fsp3) is 0.636. The second-order valence-corrected chi connectivity index (χ2v) is 4.37. The summed E-state index contributed by atoms with van der Waals surface area (Å²) in [6, 6.07) is 0. The van der Waals surface area contributed by atoms with E-state index < -0.39 is 0 Å². The van der Waals surface area contributed by atoms with E-state index in [0.717, 1.165) is 12.1 Å². The molecule has 5 heteroatoms. The van der Waals surface area contributed by atoms with Crippen molar-refractivity contribution in [3.05, 3.63) is 17.5 Å². The molecule has 1 amide bonds. The third-order valence-corrected chi connectivity index (χ3v) is 2.90. The number of nitrogens with one attached hydrogen (secondary N) is 1. The van der Waals surface area contributed by atoms with Crippen LogP contribution >= 0.6 is 0 Å². The molecule has 5 nitrogen and oxygen atoms in total. The first-order chi connectivity index (χ1) is 7.41. The van der Waals surface area contributed by atoms with Gasteiger partial charge in [-0.25, -0.2) is 0 Å². The summed E-state index contributed by atoms with van der Waals surface area (Å²) in [5.74, 6) is -0.111. The monoisotopic (exact) mass is 224 g/mol. The Morgan fingerprint density at radius 1 is 1.69 bits per heavy atom. The molecule has 1 rings (SSSR count). The number of carbonyl (C=O) groups excluding carboxylic acids is 1. The smallest absolute Gasteiger partial charge is 0.255 e. The highest BCUT2D eigenvalue weighted by atomic mass is 16.1. The fourth-order valence-corrected chi connectivity index (χ4v) is 1.45. The zero-order valence-electron chi connectivity index (χ0n) is 10.4. The van der Waals surface area contributed by atoms with Crippen molar-refractivity contribution in [2.45, 2.75) is 32.7 Å². The van der Waals surface area contributed by atoms with Crippen LogP contribution in [0.4, 0.5) is 0 Å². The molecule has 1 atom stereocenters. The lowest BCUT2D eigenvalue weighted by Crippen LogP contribution is -2.50. The third kappa shape index (κ3) is 2.61. The molecular formula is C11H20N4O. The molecule has 0 aromatic carbocycles. The first-order valence-electron chi connectivity index (χ1n) is 5.44. The van der Waals surface area contributed by atoms with Crippen LogP contribution < -0.4 is 11.1 Å². The number of carbonyl (C=O) groups is 1. The van der Waals surface area contributed by atoms with Gasteiger partial charge in [-0.05, 0) is 20.3 Å². The first kappa shape index (κ1) is 12.7. The Morgan fingerprint density at radius 3 is 2.69 bits per heavy atom. The highest BCUT2D eigenvalue weighted by molar-refractivity contribution is 5.95. The van der Waals surface area contributed by atoms with E-state index in [-0.39, 0.29) is 11.4 Å². The Bertz CT molecular complexity index is 379. The van der Waals surface area contributed by atoms with E-state index in [1.54, 1.807) is 17.9 Å². The summed E-state index contributed by atoms with van der Waals surface area (Å²) >= 11 is 0. The number of nitrogens with zero attached hydrogens (tertiary/aromatic N) is 2. The van der Waals surface area contributed by atoms with Gasteiger partial charge in [0.2, 0.25) is 0 Å². The van der Waals surface area contributed by atoms with Crippen LogP contribution in [0.5, 0.6) is 0 Å². The Kier molecular flexibility index (Phi) is 3.70. The summed E-state index contributed by atoms with van der Waals surface area (Å²) in [5, 5.41) is 7.08. The maximum Gasteiger partial charge on any atom is 0.255 e. The average molecular weight is 224 g/mol. The number of aromatic nitrogens is 2. The second kappa shape index (κ2) is 4.65. The van der Waals surface area contributed by atoms with Crippen molar-refractivity contribution in [2.24, 2.45) is 12.8 Å². The van der Waals surface area contributed by atoms with Crippen LogP contribution in [-0.2, 0) is 7.05 Å². The zero-order chi connectivity index (χ0) is 12.3. The molecule has 0 radical (unpaired) electrons. The van der Waals surface area contributed by atoms with Crippen molar-refractivity contribution in [1.29, 1.82) is 0 Å². The summed E-state index contributed by atoms with van der Waals surface area (Å²) < 4.78 is 1.63. The van der Waals surface area contributed by atoms with E-state index in [4.69, 9.17) is 5.73 Å². The third-order valence-electron chi connectivity index (χ3n) is 2.90. The van der Waals surface area contributed by atoms with E-state index in [1.165, 1.54) is 0 Å². The van der Waals surface area contributed by atoms with Gasteiger partial charge in [0.1, 0.15) is 0 Å². The normalized spacial score (nSPS) is 14.6. The van der Waals surface area contributed by atoms with Gasteiger partial charge in [-0.1, -0.05) is 6.92 Å². The molecule has 1 aromatic heterocycles. The molecule has 0 fully saturated rings. The van der Waals surface area contributed by atoms with Crippen LogP contribution in [0.3, 0.4) is 0 Å². The summed E-state index contributed by atoms with van der Waals surface area (Å²) in [6.45, 7) is 6.19. The van der Waals surface area contributed by atoms with Crippen LogP contribution in [-0.4, -0.2) is 27.8 Å². The maximum absolute atomic E-state index is 12.0. The summed E-state index contributed by atoms with van der Waals surface area (Å²) in [7, 11) is 1.80. The van der Waals surface area contributed by atoms with Crippen LogP contribution in [0.1, 0.15) is 36.3 Å². The Hall–Kier alpha value is -1.36. The minimum atomic E-state index is -0.348. The largest absolute Gasteiger partial charge is 0.346 e. The van der Waals surface area contributed by atoms with Crippen molar-refractivity contribution < 1.29 is 4.79 Å². The van der Waals surface area contributed by atoms with Gasteiger partial charge in [0.15, 0.2) is 0 Å². The molecule has 3 N–H and O–H groups in total. The Morgan fingerprint density at radius 2 is 2.31 bits per heavy atom. The van der Waals surface area contributed by atoms with E-state index in [1.807, 2.05) is 20.8 Å². The predicted octanol–water partition coefficient (Wildman–Crippen LogP) is 0.586. The lowest BCUT2D eigenvalue weighted by molar-refractivity contribution is 0.0906. The van der Waals surface area contributed by atoms with Crippen LogP contribution in [0, 0.1) is 6.92 Å². The minimum Gasteiger partial charge on any atom is -0.346 e. The highest BCUT2D eigenvalue weighted by Gasteiger charge is 2.24. The van der Waals surface area contributed by atoms with Gasteiger partial charge in [0.25, 0.3) is 5.91 Å². The molecule has 90 valence electrons. The second-order valence-electron chi connectivity index (χ2n) is 4.37. The Labute approximate surface area is 96.0 Å². The minimum absolute atomic E-state index is 0.111. The van der Waals surface area contributed by atoms with Crippen LogP contribution in [0.15, 0.2) is 6.20 Å². The molecule has 0 aliphatic rings. The Balaban J connectivity index is 2.84. The van der Waals surface area contributed by atoms with Gasteiger partial charge in [-0.3, -0.25) is 9.48 Å². The van der Waals surface area contributed by atoms with E-state index in [0.29, 0.717) is 12.1 Å². The summed E-state index contributed by atoms with van der Waals surface area (Å²) in [4.78, 5) is 12.0. The molecule has 0 bridgehead atoms. The van der Waals surface area contributed by atoms with Gasteiger partial charge < -0.3 is 11.1 Å². The average Bonchev–Trinajstić information content (AvgIpc) is 2.57. The molecule has 0 spiro atoms. The standard InChI is InChI=1S/C11H20N4O/c1-5-11(3,7-12)13-10(16)9-6-15(4)14-8(9)2/h6H,5,7,12H2,1-4H3,(H,13,16). The van der Waals surface area contributed by atoms with Gasteiger partial charge >= 0.3 is 0 Å². The van der Waals surface area contributed by atoms with Crippen molar-refractivity contribution in [1.82, 2.24) is 15.1 Å². The van der Waals surface area contributed by atoms with Crippen LogP contribution in [0.25, 0.3) is 0 Å². The van der Waals surface area contributed by atoms with Crippen molar-refractivity contribution in [2.75, 3.05) is 6.54 Å². The predicted molar refractivity (Wildman–Crippen MR) is 63.2 cm³/mol. The number of aryl methyl sites for hydroxylation is 2. The molecule has 1 unspecified atom stereocenters. The molecule has 0 aliphatic heterocycles. The van der Waals surface area contributed by atoms with Gasteiger partial charge in [0.05, 0.1) is 11.3 Å². The fourth-order valence-electron chi connectivity index (χ4n) is 1.45. The lowest BCUT2D eigenvalue weighted by atomic mass is 9.98. The van der Waals surface area contributed by atoms with Gasteiger partial charge in [-0.15, -0.1) is 0 Å². The molecular weight excluding hydrogens is 204 g/mol. The van der Waals surface area contributed by atoms with Crippen molar-refractivity contribution >= 4 is 5.91 Å². The number of nitrogens with two attached hydrogens (primary N) is 1. The molecule has 1 aromatic rings. The number of rotatable bonds is 4. The summed E-state index contributed by atoms with van der Waals surface area (Å²) in [5.41, 5.74) is 6.64. The van der Waals surface area contributed by atoms with E-state index in [9.17, 15) is 4.79 Å². The topological polar surface area (TPSA) is 72.9 Å². The maximum atomic E-state index is 12.0. The number of hydrogen-bond donors (Lipinski definition) is 2. The summed E-state index contributed by atoms with van der Waals surface area (Å²) in [6.07, 6.45) is 2.52. The molecule has 0 saturated carbocycles. The molecule has 16 heavy (non-hydrogen) atoms. The lowest BCUT2D eigenvalue weighted by Gasteiger charge is -2.27. The van der Waals surface area contributed by atoms with Gasteiger partial charge in [0, 0.05) is 25.3 Å². The first-order valence-corrected chi connectivity index (χ1v) is 5.44. The molecule has 1 heterocycles. The van der Waals surface area contributed by atoms with E-state index in [2.05, 4.69) is 10.4 Å². The van der Waals surface area contributed by atoms with Crippen molar-refractivity contribution in [3.8, 4) is 0 Å². The SMILES string of the molecule is CCC(C)(CN)NC(=O)c1cn(C)nc1C. The van der Waals surface area contributed by atoms with Crippen molar-refractivity contribution in [3.63, 3.8) is 0 Å². The number of amides is 1. The van der Waals surface area contributed by atoms with Gasteiger partial charge in [-0.2, -0.15) is 5.10 Å². The van der Waals surface area contributed by atoms with Crippen LogP contribution in [0.2, 0.25) is 0 Å². The zero-order valence-corrected chi connectivity index (χ0v) is 10.4. The highest BCUT2D eigenvalue weighted by Crippen LogP contribution is 2.10. The van der Waals surface area contributed by atoms with E-state index >= 15 is 0 Å². The quantitative estimate of drug-likeness (QED) is 0.786. The molecule has 0 aliphatic carbocycles. The molecule has 0 saturated heterocycles. The number of hydrogen-bond acceptors (Lipinski definition) is 3.